The van der Waals surface area contributed by atoms with Crippen LogP contribution in [-0.2, 0) is 0 Å². The van der Waals surface area contributed by atoms with Crippen LogP contribution >= 0.6 is 31.9 Å². The number of hydrogen-bond acceptors (Lipinski definition) is 5. The van der Waals surface area contributed by atoms with Crippen LogP contribution in [0.15, 0.2) is 26.2 Å². The Labute approximate surface area is 143 Å². The molecule has 9 heteroatoms. The first-order valence-corrected chi connectivity index (χ1v) is 7.63. The Bertz CT molecular complexity index is 743. The minimum absolute atomic E-state index is 0.0254. The molecule has 2 rings (SSSR count). The molecule has 0 saturated carbocycles. The Balaban J connectivity index is 2.17. The Kier molecular flexibility index (Phi) is 5.19. The number of ether oxygens (including phenoxy) is 1. The Hall–Kier alpha value is -1.87. The van der Waals surface area contributed by atoms with Crippen LogP contribution in [0.3, 0.4) is 0 Å². The molecule has 0 aliphatic heterocycles. The number of benzene rings is 1. The van der Waals surface area contributed by atoms with Crippen LogP contribution in [0.5, 0.6) is 11.5 Å². The summed E-state index contributed by atoms with van der Waals surface area (Å²) in [5.74, 6) is -0.171. The fourth-order valence-corrected chi connectivity index (χ4v) is 2.44. The van der Waals surface area contributed by atoms with Gasteiger partial charge in [-0.25, -0.2) is 5.43 Å². The number of aromatic nitrogens is 2. The van der Waals surface area contributed by atoms with Crippen LogP contribution in [-0.4, -0.2) is 34.5 Å². The third-order valence-electron chi connectivity index (χ3n) is 2.70. The van der Waals surface area contributed by atoms with Gasteiger partial charge in [0.05, 0.1) is 17.8 Å². The van der Waals surface area contributed by atoms with Gasteiger partial charge < -0.3 is 9.84 Å². The summed E-state index contributed by atoms with van der Waals surface area (Å²) in [4.78, 5) is 11.8. The fourth-order valence-electron chi connectivity index (χ4n) is 1.61. The number of H-pyrrole nitrogens is 1. The lowest BCUT2D eigenvalue weighted by molar-refractivity contribution is 0.0950. The lowest BCUT2D eigenvalue weighted by Gasteiger charge is -2.09. The standard InChI is InChI=1S/C13H12Br2N4O3/c1-6-3-8(18-17-6)13(21)19-16-5-7-4-9(22-2)12(20)11(15)10(7)14/h3-5,20H,1-2H3,(H,17,18)(H,19,21). The molecule has 1 heterocycles. The number of nitrogens with zero attached hydrogens (tertiary/aromatic N) is 2. The van der Waals surface area contributed by atoms with E-state index in [4.69, 9.17) is 4.74 Å². The van der Waals surface area contributed by atoms with Gasteiger partial charge in [0, 0.05) is 15.7 Å². The zero-order valence-electron chi connectivity index (χ0n) is 11.6. The van der Waals surface area contributed by atoms with Crippen molar-refractivity contribution in [3.63, 3.8) is 0 Å². The minimum Gasteiger partial charge on any atom is -0.503 e. The maximum absolute atomic E-state index is 11.8. The summed E-state index contributed by atoms with van der Waals surface area (Å²) in [7, 11) is 1.44. The number of amides is 1. The van der Waals surface area contributed by atoms with Crippen molar-refractivity contribution < 1.29 is 14.6 Å². The van der Waals surface area contributed by atoms with E-state index in [2.05, 4.69) is 52.6 Å². The molecule has 2 aromatic rings. The Morgan fingerprint density at radius 1 is 1.45 bits per heavy atom. The number of aromatic hydroxyl groups is 1. The first-order valence-electron chi connectivity index (χ1n) is 6.04. The molecule has 7 nitrogen and oxygen atoms in total. The molecule has 0 aliphatic rings. The molecule has 0 atom stereocenters. The number of carbonyl (C=O) groups excluding carboxylic acids is 1. The van der Waals surface area contributed by atoms with E-state index in [1.165, 1.54) is 13.3 Å². The van der Waals surface area contributed by atoms with Crippen molar-refractivity contribution in [3.8, 4) is 11.5 Å². The maximum Gasteiger partial charge on any atom is 0.291 e. The van der Waals surface area contributed by atoms with E-state index in [0.717, 1.165) is 5.69 Å². The van der Waals surface area contributed by atoms with Gasteiger partial charge in [0.25, 0.3) is 5.91 Å². The molecule has 0 radical (unpaired) electrons. The number of methoxy groups -OCH3 is 1. The number of phenolic OH excluding ortho intramolecular Hbond substituents is 1. The molecule has 0 aliphatic carbocycles. The van der Waals surface area contributed by atoms with Gasteiger partial charge in [0.2, 0.25) is 0 Å². The molecule has 0 spiro atoms. The van der Waals surface area contributed by atoms with Gasteiger partial charge in [-0.3, -0.25) is 9.89 Å². The average molecular weight is 432 g/mol. The van der Waals surface area contributed by atoms with Crippen LogP contribution in [0.1, 0.15) is 21.7 Å². The monoisotopic (exact) mass is 430 g/mol. The number of aryl methyl sites for hydroxylation is 1. The molecule has 116 valence electrons. The molecule has 22 heavy (non-hydrogen) atoms. The normalized spacial score (nSPS) is 10.9. The van der Waals surface area contributed by atoms with Gasteiger partial charge in [-0.1, -0.05) is 0 Å². The van der Waals surface area contributed by atoms with E-state index < -0.39 is 5.91 Å². The second-order valence-electron chi connectivity index (χ2n) is 4.28. The van der Waals surface area contributed by atoms with Crippen molar-refractivity contribution in [2.24, 2.45) is 5.10 Å². The summed E-state index contributed by atoms with van der Waals surface area (Å²) in [6.07, 6.45) is 1.42. The number of nitrogens with one attached hydrogen (secondary N) is 2. The van der Waals surface area contributed by atoms with Crippen LogP contribution in [0.25, 0.3) is 0 Å². The highest BCUT2D eigenvalue weighted by Crippen LogP contribution is 2.41. The van der Waals surface area contributed by atoms with E-state index in [9.17, 15) is 9.90 Å². The SMILES string of the molecule is COc1cc(C=NNC(=O)c2cc(C)[nH]n2)c(Br)c(Br)c1O. The quantitative estimate of drug-likeness (QED) is 0.511. The molecular weight excluding hydrogens is 420 g/mol. The Morgan fingerprint density at radius 2 is 2.18 bits per heavy atom. The predicted octanol–water partition coefficient (Wildman–Crippen LogP) is 2.72. The number of aromatic amines is 1. The second-order valence-corrected chi connectivity index (χ2v) is 5.87. The van der Waals surface area contributed by atoms with E-state index in [-0.39, 0.29) is 17.2 Å². The van der Waals surface area contributed by atoms with Crippen LogP contribution in [0, 0.1) is 6.92 Å². The molecule has 1 aromatic heterocycles. The van der Waals surface area contributed by atoms with Crippen molar-refractivity contribution in [2.75, 3.05) is 7.11 Å². The minimum atomic E-state index is -0.429. The molecule has 0 bridgehead atoms. The summed E-state index contributed by atoms with van der Waals surface area (Å²) in [5, 5.41) is 20.2. The number of carbonyl (C=O) groups is 1. The molecule has 3 N–H and O–H groups in total. The second kappa shape index (κ2) is 6.93. The van der Waals surface area contributed by atoms with Crippen molar-refractivity contribution in [1.29, 1.82) is 0 Å². The first-order chi connectivity index (χ1) is 10.4. The molecule has 1 amide bonds. The molecular formula is C13H12Br2N4O3. The third-order valence-corrected chi connectivity index (χ3v) is 4.86. The van der Waals surface area contributed by atoms with E-state index >= 15 is 0 Å². The number of hydrazone groups is 1. The lowest BCUT2D eigenvalue weighted by Crippen LogP contribution is -2.18. The van der Waals surface area contributed by atoms with Gasteiger partial charge in [0.15, 0.2) is 17.2 Å². The fraction of sp³-hybridized carbons (Fsp3) is 0.154. The van der Waals surface area contributed by atoms with Gasteiger partial charge in [0.1, 0.15) is 0 Å². The third kappa shape index (κ3) is 3.47. The summed E-state index contributed by atoms with van der Waals surface area (Å²) in [5.41, 5.74) is 4.01. The summed E-state index contributed by atoms with van der Waals surface area (Å²) < 4.78 is 6.07. The zero-order valence-corrected chi connectivity index (χ0v) is 14.8. The Morgan fingerprint density at radius 3 is 2.77 bits per heavy atom. The number of halogens is 2. The van der Waals surface area contributed by atoms with Crippen LogP contribution in [0.4, 0.5) is 0 Å². The van der Waals surface area contributed by atoms with Crippen LogP contribution < -0.4 is 10.2 Å². The molecule has 0 fully saturated rings. The molecule has 0 unspecified atom stereocenters. The summed E-state index contributed by atoms with van der Waals surface area (Å²) in [6.45, 7) is 1.80. The molecule has 1 aromatic carbocycles. The maximum atomic E-state index is 11.8. The number of hydrogen-bond donors (Lipinski definition) is 3. The van der Waals surface area contributed by atoms with Crippen molar-refractivity contribution in [1.82, 2.24) is 15.6 Å². The van der Waals surface area contributed by atoms with Gasteiger partial charge in [-0.15, -0.1) is 0 Å². The summed E-state index contributed by atoms with van der Waals surface area (Å²) >= 11 is 6.57. The van der Waals surface area contributed by atoms with Crippen LogP contribution in [0.2, 0.25) is 0 Å². The van der Waals surface area contributed by atoms with E-state index in [1.807, 2.05) is 0 Å². The smallest absolute Gasteiger partial charge is 0.291 e. The number of rotatable bonds is 4. The first kappa shape index (κ1) is 16.5. The molecule has 0 saturated heterocycles. The van der Waals surface area contributed by atoms with E-state index in [1.54, 1.807) is 19.1 Å². The predicted molar refractivity (Wildman–Crippen MR) is 88.4 cm³/mol. The van der Waals surface area contributed by atoms with E-state index in [0.29, 0.717) is 14.5 Å². The highest BCUT2D eigenvalue weighted by Gasteiger charge is 2.14. The van der Waals surface area contributed by atoms with Gasteiger partial charge >= 0.3 is 0 Å². The average Bonchev–Trinajstić information content (AvgIpc) is 2.93. The number of phenols is 1. The summed E-state index contributed by atoms with van der Waals surface area (Å²) in [6, 6.07) is 3.19. The van der Waals surface area contributed by atoms with Crippen molar-refractivity contribution in [2.45, 2.75) is 6.92 Å². The lowest BCUT2D eigenvalue weighted by atomic mass is 10.2. The topological polar surface area (TPSA) is 99.6 Å². The van der Waals surface area contributed by atoms with Crippen molar-refractivity contribution in [3.05, 3.63) is 38.0 Å². The van der Waals surface area contributed by atoms with Crippen molar-refractivity contribution >= 4 is 44.0 Å². The van der Waals surface area contributed by atoms with Gasteiger partial charge in [-0.05, 0) is 50.9 Å². The highest BCUT2D eigenvalue weighted by molar-refractivity contribution is 9.13. The highest BCUT2D eigenvalue weighted by atomic mass is 79.9. The largest absolute Gasteiger partial charge is 0.503 e. The zero-order chi connectivity index (χ0) is 16.3. The van der Waals surface area contributed by atoms with Gasteiger partial charge in [-0.2, -0.15) is 10.2 Å².